The second kappa shape index (κ2) is 6.25. The molecule has 94 valence electrons. The number of benzene rings is 1. The monoisotopic (exact) mass is 236 g/mol. The van der Waals surface area contributed by atoms with E-state index in [1.165, 1.54) is 0 Å². The summed E-state index contributed by atoms with van der Waals surface area (Å²) in [7, 11) is 3.63. The van der Waals surface area contributed by atoms with E-state index in [0.717, 1.165) is 18.5 Å². The molecule has 2 N–H and O–H groups in total. The maximum Gasteiger partial charge on any atom is 0.257 e. The normalized spacial score (nSPS) is 10.3. The molecule has 0 aliphatic heterocycles. The molecule has 0 aliphatic rings. The first-order valence-corrected chi connectivity index (χ1v) is 5.76. The van der Waals surface area contributed by atoms with Crippen molar-refractivity contribution < 1.29 is 9.90 Å². The SMILES string of the molecule is CNCCCN(C)C(=O)c1cc(C)ccc1O. The van der Waals surface area contributed by atoms with Gasteiger partial charge in [-0.05, 0) is 39.1 Å². The molecule has 0 heterocycles. The molecule has 0 fully saturated rings. The molecule has 4 heteroatoms. The van der Waals surface area contributed by atoms with Crippen LogP contribution in [0.5, 0.6) is 5.75 Å². The second-order valence-corrected chi connectivity index (χ2v) is 4.20. The van der Waals surface area contributed by atoms with Gasteiger partial charge in [-0.1, -0.05) is 11.6 Å². The topological polar surface area (TPSA) is 52.6 Å². The molecule has 0 saturated carbocycles. The molecule has 0 aliphatic carbocycles. The zero-order chi connectivity index (χ0) is 12.8. The predicted molar refractivity (Wildman–Crippen MR) is 68.3 cm³/mol. The first kappa shape index (κ1) is 13.5. The lowest BCUT2D eigenvalue weighted by Gasteiger charge is -2.18. The van der Waals surface area contributed by atoms with Gasteiger partial charge in [0.25, 0.3) is 5.91 Å². The summed E-state index contributed by atoms with van der Waals surface area (Å²) in [4.78, 5) is 13.7. The molecule has 1 amide bonds. The molecule has 0 radical (unpaired) electrons. The number of nitrogens with one attached hydrogen (secondary N) is 1. The number of amides is 1. The van der Waals surface area contributed by atoms with Crippen LogP contribution in [0.25, 0.3) is 0 Å². The molecule has 0 saturated heterocycles. The third-order valence-electron chi connectivity index (χ3n) is 2.65. The highest BCUT2D eigenvalue weighted by molar-refractivity contribution is 5.96. The molecule has 4 nitrogen and oxygen atoms in total. The highest BCUT2D eigenvalue weighted by atomic mass is 16.3. The summed E-state index contributed by atoms with van der Waals surface area (Å²) in [6, 6.07) is 5.06. The zero-order valence-electron chi connectivity index (χ0n) is 10.7. The summed E-state index contributed by atoms with van der Waals surface area (Å²) >= 11 is 0. The van der Waals surface area contributed by atoms with Crippen LogP contribution < -0.4 is 5.32 Å². The molecule has 1 aromatic rings. The van der Waals surface area contributed by atoms with E-state index in [1.54, 1.807) is 30.1 Å². The Hall–Kier alpha value is -1.55. The minimum atomic E-state index is -0.137. The van der Waals surface area contributed by atoms with E-state index >= 15 is 0 Å². The zero-order valence-corrected chi connectivity index (χ0v) is 10.7. The van der Waals surface area contributed by atoms with Crippen LogP contribution in [0.3, 0.4) is 0 Å². The quantitative estimate of drug-likeness (QED) is 0.759. The van der Waals surface area contributed by atoms with Crippen LogP contribution in [0.15, 0.2) is 18.2 Å². The largest absolute Gasteiger partial charge is 0.507 e. The van der Waals surface area contributed by atoms with E-state index < -0.39 is 0 Å². The Kier molecular flexibility index (Phi) is 4.97. The van der Waals surface area contributed by atoms with Crippen molar-refractivity contribution in [3.8, 4) is 5.75 Å². The molecule has 1 rings (SSSR count). The van der Waals surface area contributed by atoms with E-state index in [1.807, 2.05) is 14.0 Å². The third kappa shape index (κ3) is 3.75. The van der Waals surface area contributed by atoms with Crippen molar-refractivity contribution in [2.24, 2.45) is 0 Å². The fraction of sp³-hybridized carbons (Fsp3) is 0.462. The lowest BCUT2D eigenvalue weighted by molar-refractivity contribution is 0.0790. The number of rotatable bonds is 5. The summed E-state index contributed by atoms with van der Waals surface area (Å²) in [6.45, 7) is 3.45. The number of nitrogens with zero attached hydrogens (tertiary/aromatic N) is 1. The van der Waals surface area contributed by atoms with Gasteiger partial charge in [0.05, 0.1) is 5.56 Å². The number of carbonyl (C=O) groups excluding carboxylic acids is 1. The highest BCUT2D eigenvalue weighted by Gasteiger charge is 2.15. The number of carbonyl (C=O) groups is 1. The van der Waals surface area contributed by atoms with Gasteiger partial charge in [-0.3, -0.25) is 4.79 Å². The van der Waals surface area contributed by atoms with Gasteiger partial charge in [-0.2, -0.15) is 0 Å². The van der Waals surface area contributed by atoms with Crippen molar-refractivity contribution in [3.63, 3.8) is 0 Å². The van der Waals surface area contributed by atoms with Gasteiger partial charge < -0.3 is 15.3 Å². The Balaban J connectivity index is 2.71. The van der Waals surface area contributed by atoms with Crippen LogP contribution in [0.4, 0.5) is 0 Å². The fourth-order valence-electron chi connectivity index (χ4n) is 1.62. The number of hydrogen-bond donors (Lipinski definition) is 2. The van der Waals surface area contributed by atoms with E-state index in [9.17, 15) is 9.90 Å². The summed E-state index contributed by atoms with van der Waals surface area (Å²) in [6.07, 6.45) is 0.894. The maximum absolute atomic E-state index is 12.1. The second-order valence-electron chi connectivity index (χ2n) is 4.20. The standard InChI is InChI=1S/C13H20N2O2/c1-10-5-6-12(16)11(9-10)13(17)15(3)8-4-7-14-2/h5-6,9,14,16H,4,7-8H2,1-3H3. The number of phenolic OH excluding ortho intramolecular Hbond substituents is 1. The van der Waals surface area contributed by atoms with Crippen LogP contribution in [0.1, 0.15) is 22.3 Å². The maximum atomic E-state index is 12.1. The minimum Gasteiger partial charge on any atom is -0.507 e. The number of aryl methyl sites for hydroxylation is 1. The van der Waals surface area contributed by atoms with Crippen molar-refractivity contribution in [3.05, 3.63) is 29.3 Å². The van der Waals surface area contributed by atoms with Crippen molar-refractivity contribution in [1.29, 1.82) is 0 Å². The summed E-state index contributed by atoms with van der Waals surface area (Å²) in [5, 5.41) is 12.7. The lowest BCUT2D eigenvalue weighted by atomic mass is 10.1. The Labute approximate surface area is 102 Å². The van der Waals surface area contributed by atoms with Gasteiger partial charge in [-0.15, -0.1) is 0 Å². The molecule has 0 atom stereocenters. The first-order valence-electron chi connectivity index (χ1n) is 5.76. The molecule has 1 aromatic carbocycles. The molecule has 17 heavy (non-hydrogen) atoms. The van der Waals surface area contributed by atoms with Gasteiger partial charge in [0, 0.05) is 13.6 Å². The van der Waals surface area contributed by atoms with Crippen LogP contribution >= 0.6 is 0 Å². The van der Waals surface area contributed by atoms with Gasteiger partial charge >= 0.3 is 0 Å². The first-order chi connectivity index (χ1) is 8.06. The molecular weight excluding hydrogens is 216 g/mol. The Morgan fingerprint density at radius 2 is 2.18 bits per heavy atom. The van der Waals surface area contributed by atoms with Crippen LogP contribution in [-0.2, 0) is 0 Å². The molecule has 0 bridgehead atoms. The summed E-state index contributed by atoms with van der Waals surface area (Å²) in [5.74, 6) is -0.0941. The van der Waals surface area contributed by atoms with Gasteiger partial charge in [0.2, 0.25) is 0 Å². The molecular formula is C13H20N2O2. The highest BCUT2D eigenvalue weighted by Crippen LogP contribution is 2.19. The van der Waals surface area contributed by atoms with E-state index in [0.29, 0.717) is 12.1 Å². The average Bonchev–Trinajstić information content (AvgIpc) is 2.31. The molecule has 0 spiro atoms. The van der Waals surface area contributed by atoms with Crippen LogP contribution in [0, 0.1) is 6.92 Å². The third-order valence-corrected chi connectivity index (χ3v) is 2.65. The predicted octanol–water partition coefficient (Wildman–Crippen LogP) is 1.38. The average molecular weight is 236 g/mol. The van der Waals surface area contributed by atoms with Crippen molar-refractivity contribution in [2.75, 3.05) is 27.2 Å². The molecule has 0 unspecified atom stereocenters. The minimum absolute atomic E-state index is 0.0427. The van der Waals surface area contributed by atoms with Crippen LogP contribution in [0.2, 0.25) is 0 Å². The number of hydrogen-bond acceptors (Lipinski definition) is 3. The van der Waals surface area contributed by atoms with E-state index in [4.69, 9.17) is 0 Å². The van der Waals surface area contributed by atoms with Crippen molar-refractivity contribution in [1.82, 2.24) is 10.2 Å². The number of phenols is 1. The van der Waals surface area contributed by atoms with E-state index in [-0.39, 0.29) is 11.7 Å². The summed E-state index contributed by atoms with van der Waals surface area (Å²) in [5.41, 5.74) is 1.34. The fourth-order valence-corrected chi connectivity index (χ4v) is 1.62. The van der Waals surface area contributed by atoms with Crippen molar-refractivity contribution >= 4 is 5.91 Å². The van der Waals surface area contributed by atoms with Gasteiger partial charge in [-0.25, -0.2) is 0 Å². The van der Waals surface area contributed by atoms with Crippen molar-refractivity contribution in [2.45, 2.75) is 13.3 Å². The molecule has 0 aromatic heterocycles. The van der Waals surface area contributed by atoms with Gasteiger partial charge in [0.15, 0.2) is 0 Å². The van der Waals surface area contributed by atoms with Crippen LogP contribution in [-0.4, -0.2) is 43.1 Å². The Bertz CT molecular complexity index is 391. The van der Waals surface area contributed by atoms with Gasteiger partial charge in [0.1, 0.15) is 5.75 Å². The van der Waals surface area contributed by atoms with E-state index in [2.05, 4.69) is 5.32 Å². The Morgan fingerprint density at radius 3 is 2.82 bits per heavy atom. The smallest absolute Gasteiger partial charge is 0.257 e. The lowest BCUT2D eigenvalue weighted by Crippen LogP contribution is -2.29. The Morgan fingerprint density at radius 1 is 1.47 bits per heavy atom. The summed E-state index contributed by atoms with van der Waals surface area (Å²) < 4.78 is 0. The number of aromatic hydroxyl groups is 1.